The summed E-state index contributed by atoms with van der Waals surface area (Å²) in [5.41, 5.74) is 0. The van der Waals surface area contributed by atoms with Crippen LogP contribution in [-0.4, -0.2) is 4.98 Å². The minimum Gasteiger partial charge on any atom is -0.263 e. The molecule has 0 saturated heterocycles. The van der Waals surface area contributed by atoms with Crippen molar-refractivity contribution in [3.8, 4) is 0 Å². The number of benzene rings is 1. The fourth-order valence-electron chi connectivity index (χ4n) is 1.10. The van der Waals surface area contributed by atoms with Crippen molar-refractivity contribution in [3.05, 3.63) is 52.2 Å². The van der Waals surface area contributed by atoms with Gasteiger partial charge in [-0.25, -0.2) is 0 Å². The summed E-state index contributed by atoms with van der Waals surface area (Å²) >= 11 is 11.0. The Morgan fingerprint density at radius 2 is 2.13 bits per heavy atom. The maximum atomic E-state index is 5.91. The normalized spacial score (nSPS) is 10.3. The molecular weight excluding hydrogens is 294 g/mol. The monoisotopic (exact) mass is 299 g/mol. The van der Waals surface area contributed by atoms with Crippen LogP contribution in [0.5, 0.6) is 0 Å². The molecule has 15 heavy (non-hydrogen) atoms. The highest BCUT2D eigenvalue weighted by atomic mass is 79.9. The summed E-state index contributed by atoms with van der Waals surface area (Å²) in [6, 6.07) is 9.76. The molecule has 0 spiro atoms. The molecule has 4 heteroatoms. The van der Waals surface area contributed by atoms with Crippen LogP contribution in [0.25, 0.3) is 0 Å². The zero-order valence-corrected chi connectivity index (χ0v) is 10.8. The fourth-order valence-corrected chi connectivity index (χ4v) is 2.72. The predicted octanol–water partition coefficient (Wildman–Crippen LogP) is 4.65. The Morgan fingerprint density at radius 3 is 2.87 bits per heavy atom. The lowest BCUT2D eigenvalue weighted by Gasteiger charge is -2.03. The first kappa shape index (κ1) is 11.0. The molecule has 0 bridgehead atoms. The van der Waals surface area contributed by atoms with E-state index < -0.39 is 0 Å². The fraction of sp³-hybridized carbons (Fsp3) is 0. The van der Waals surface area contributed by atoms with Crippen LogP contribution in [0.1, 0.15) is 0 Å². The Labute approximate surface area is 106 Å². The summed E-state index contributed by atoms with van der Waals surface area (Å²) in [4.78, 5) is 6.27. The van der Waals surface area contributed by atoms with Crippen LogP contribution in [0.2, 0.25) is 5.02 Å². The van der Waals surface area contributed by atoms with E-state index >= 15 is 0 Å². The SMILES string of the molecule is Clc1cccc(Sc2ccncc2Br)c1. The van der Waals surface area contributed by atoms with Crippen molar-refractivity contribution in [2.45, 2.75) is 9.79 Å². The van der Waals surface area contributed by atoms with E-state index in [1.807, 2.05) is 30.3 Å². The molecule has 1 heterocycles. The Balaban J connectivity index is 2.26. The number of hydrogen-bond acceptors (Lipinski definition) is 2. The largest absolute Gasteiger partial charge is 0.263 e. The van der Waals surface area contributed by atoms with Gasteiger partial charge in [-0.05, 0) is 40.2 Å². The topological polar surface area (TPSA) is 12.9 Å². The molecule has 1 aromatic heterocycles. The number of aromatic nitrogens is 1. The average molecular weight is 301 g/mol. The first-order valence-corrected chi connectivity index (χ1v) is 6.27. The van der Waals surface area contributed by atoms with Crippen LogP contribution < -0.4 is 0 Å². The second-order valence-electron chi connectivity index (χ2n) is 2.87. The summed E-state index contributed by atoms with van der Waals surface area (Å²) in [5.74, 6) is 0. The maximum Gasteiger partial charge on any atom is 0.0498 e. The molecule has 0 aliphatic carbocycles. The number of halogens is 2. The molecule has 0 unspecified atom stereocenters. The number of rotatable bonds is 2. The van der Waals surface area contributed by atoms with Gasteiger partial charge in [0.2, 0.25) is 0 Å². The van der Waals surface area contributed by atoms with Gasteiger partial charge >= 0.3 is 0 Å². The van der Waals surface area contributed by atoms with E-state index in [0.29, 0.717) is 0 Å². The molecule has 0 atom stereocenters. The van der Waals surface area contributed by atoms with Crippen molar-refractivity contribution in [1.29, 1.82) is 0 Å². The van der Waals surface area contributed by atoms with Crippen LogP contribution in [0.4, 0.5) is 0 Å². The molecule has 76 valence electrons. The van der Waals surface area contributed by atoms with Gasteiger partial charge in [0.25, 0.3) is 0 Å². The standard InChI is InChI=1S/C11H7BrClNS/c12-10-7-14-5-4-11(10)15-9-3-1-2-8(13)6-9/h1-7H. The van der Waals surface area contributed by atoms with E-state index in [2.05, 4.69) is 20.9 Å². The summed E-state index contributed by atoms with van der Waals surface area (Å²) in [5, 5.41) is 0.755. The molecule has 1 nitrogen and oxygen atoms in total. The van der Waals surface area contributed by atoms with E-state index in [-0.39, 0.29) is 0 Å². The van der Waals surface area contributed by atoms with Crippen molar-refractivity contribution < 1.29 is 0 Å². The first-order valence-electron chi connectivity index (χ1n) is 4.28. The van der Waals surface area contributed by atoms with Crippen molar-refractivity contribution in [2.24, 2.45) is 0 Å². The van der Waals surface area contributed by atoms with Crippen molar-refractivity contribution in [1.82, 2.24) is 4.98 Å². The molecule has 1 aromatic carbocycles. The molecule has 2 rings (SSSR count). The van der Waals surface area contributed by atoms with E-state index in [0.717, 1.165) is 19.3 Å². The summed E-state index contributed by atoms with van der Waals surface area (Å²) in [6.45, 7) is 0. The van der Waals surface area contributed by atoms with E-state index in [1.54, 1.807) is 24.2 Å². The van der Waals surface area contributed by atoms with Crippen LogP contribution >= 0.6 is 39.3 Å². The third-order valence-electron chi connectivity index (χ3n) is 1.76. The van der Waals surface area contributed by atoms with Gasteiger partial charge in [-0.2, -0.15) is 0 Å². The summed E-state index contributed by atoms with van der Waals surface area (Å²) < 4.78 is 0.995. The highest BCUT2D eigenvalue weighted by Crippen LogP contribution is 2.33. The second kappa shape index (κ2) is 5.01. The minimum atomic E-state index is 0.755. The Bertz CT molecular complexity index is 476. The Kier molecular flexibility index (Phi) is 3.67. The quantitative estimate of drug-likeness (QED) is 0.801. The molecule has 0 saturated carbocycles. The van der Waals surface area contributed by atoms with Gasteiger partial charge in [0.15, 0.2) is 0 Å². The lowest BCUT2D eigenvalue weighted by molar-refractivity contribution is 1.23. The van der Waals surface area contributed by atoms with Gasteiger partial charge < -0.3 is 0 Å². The maximum absolute atomic E-state index is 5.91. The van der Waals surface area contributed by atoms with Crippen LogP contribution in [0, 0.1) is 0 Å². The van der Waals surface area contributed by atoms with Gasteiger partial charge in [0.05, 0.1) is 0 Å². The molecule has 0 fully saturated rings. The lowest BCUT2D eigenvalue weighted by atomic mass is 10.4. The molecular formula is C11H7BrClNS. The van der Waals surface area contributed by atoms with Gasteiger partial charge in [0.1, 0.15) is 0 Å². The zero-order valence-electron chi connectivity index (χ0n) is 7.65. The lowest BCUT2D eigenvalue weighted by Crippen LogP contribution is -1.77. The highest BCUT2D eigenvalue weighted by Gasteiger charge is 2.01. The van der Waals surface area contributed by atoms with Crippen LogP contribution in [-0.2, 0) is 0 Å². The molecule has 0 aliphatic heterocycles. The predicted molar refractivity (Wildman–Crippen MR) is 67.5 cm³/mol. The molecule has 0 N–H and O–H groups in total. The number of nitrogens with zero attached hydrogens (tertiary/aromatic N) is 1. The molecule has 0 radical (unpaired) electrons. The number of hydrogen-bond donors (Lipinski definition) is 0. The zero-order chi connectivity index (χ0) is 10.7. The smallest absolute Gasteiger partial charge is 0.0498 e. The Hall–Kier alpha value is -0.510. The van der Waals surface area contributed by atoms with E-state index in [9.17, 15) is 0 Å². The van der Waals surface area contributed by atoms with Crippen molar-refractivity contribution >= 4 is 39.3 Å². The second-order valence-corrected chi connectivity index (χ2v) is 5.27. The van der Waals surface area contributed by atoms with Crippen molar-refractivity contribution in [3.63, 3.8) is 0 Å². The van der Waals surface area contributed by atoms with Gasteiger partial charge in [0, 0.05) is 31.7 Å². The molecule has 0 aliphatic rings. The van der Waals surface area contributed by atoms with Gasteiger partial charge in [-0.15, -0.1) is 0 Å². The molecule has 2 aromatic rings. The average Bonchev–Trinajstić information content (AvgIpc) is 2.22. The summed E-state index contributed by atoms with van der Waals surface area (Å²) in [6.07, 6.45) is 3.56. The van der Waals surface area contributed by atoms with E-state index in [1.165, 1.54) is 0 Å². The van der Waals surface area contributed by atoms with Gasteiger partial charge in [-0.1, -0.05) is 29.4 Å². The first-order chi connectivity index (χ1) is 7.25. The third-order valence-corrected chi connectivity index (χ3v) is 3.95. The van der Waals surface area contributed by atoms with Gasteiger partial charge in [-0.3, -0.25) is 4.98 Å². The highest BCUT2D eigenvalue weighted by molar-refractivity contribution is 9.10. The minimum absolute atomic E-state index is 0.755. The van der Waals surface area contributed by atoms with Crippen LogP contribution in [0.15, 0.2) is 57.0 Å². The Morgan fingerprint density at radius 1 is 1.27 bits per heavy atom. The van der Waals surface area contributed by atoms with E-state index in [4.69, 9.17) is 11.6 Å². The molecule has 0 amide bonds. The third kappa shape index (κ3) is 2.97. The number of pyridine rings is 1. The van der Waals surface area contributed by atoms with Crippen molar-refractivity contribution in [2.75, 3.05) is 0 Å². The summed E-state index contributed by atoms with van der Waals surface area (Å²) in [7, 11) is 0. The van der Waals surface area contributed by atoms with Crippen LogP contribution in [0.3, 0.4) is 0 Å².